The minimum absolute atomic E-state index is 0.843. The third-order valence-electron chi connectivity index (χ3n) is 22.6. The van der Waals surface area contributed by atoms with Crippen LogP contribution in [0.4, 0.5) is 0 Å². The van der Waals surface area contributed by atoms with Crippen LogP contribution in [-0.4, -0.2) is 0 Å². The zero-order chi connectivity index (χ0) is 69.5. The number of hydrogen-bond acceptors (Lipinski definition) is 2. The molecule has 0 saturated heterocycles. The Morgan fingerprint density at radius 2 is 0.472 bits per heavy atom. The van der Waals surface area contributed by atoms with Gasteiger partial charge in [0, 0.05) is 32.3 Å². The van der Waals surface area contributed by atoms with Gasteiger partial charge in [-0.15, -0.1) is 0 Å². The Morgan fingerprint density at radius 3 is 0.953 bits per heavy atom. The fourth-order valence-corrected chi connectivity index (χ4v) is 17.8. The van der Waals surface area contributed by atoms with Crippen molar-refractivity contribution in [1.82, 2.24) is 0 Å². The lowest BCUT2D eigenvalue weighted by Gasteiger charge is -2.21. The smallest absolute Gasteiger partial charge is 0.143 e. The predicted molar refractivity (Wildman–Crippen MR) is 450 cm³/mol. The van der Waals surface area contributed by atoms with Crippen LogP contribution in [0, 0.1) is 0 Å². The molecule has 22 aromatic rings. The van der Waals surface area contributed by atoms with Gasteiger partial charge >= 0.3 is 0 Å². The van der Waals surface area contributed by atoms with Crippen LogP contribution in [0.1, 0.15) is 0 Å². The Morgan fingerprint density at radius 1 is 0.142 bits per heavy atom. The summed E-state index contributed by atoms with van der Waals surface area (Å²) in [6, 6.07) is 139. The van der Waals surface area contributed by atoms with Crippen molar-refractivity contribution in [3.63, 3.8) is 0 Å². The van der Waals surface area contributed by atoms with E-state index >= 15 is 0 Å². The van der Waals surface area contributed by atoms with E-state index in [1.807, 2.05) is 0 Å². The van der Waals surface area contributed by atoms with Crippen LogP contribution in [0.25, 0.3) is 230 Å². The van der Waals surface area contributed by atoms with Crippen molar-refractivity contribution in [1.29, 1.82) is 0 Å². The predicted octanol–water partition coefficient (Wildman–Crippen LogP) is 29.7. The van der Waals surface area contributed by atoms with Crippen LogP contribution in [0.15, 0.2) is 385 Å². The van der Waals surface area contributed by atoms with E-state index < -0.39 is 0 Å². The summed E-state index contributed by atoms with van der Waals surface area (Å²) in [5, 5.41) is 23.0. The fourth-order valence-electron chi connectivity index (χ4n) is 17.8. The Kier molecular flexibility index (Phi) is 13.4. The quantitative estimate of drug-likeness (QED) is 0.135. The molecule has 0 bridgehead atoms. The first-order valence-electron chi connectivity index (χ1n) is 36.6. The van der Waals surface area contributed by atoms with Gasteiger partial charge in [-0.2, -0.15) is 0 Å². The molecule has 0 amide bonds. The molecule has 2 heteroatoms. The van der Waals surface area contributed by atoms with Crippen LogP contribution in [0.5, 0.6) is 0 Å². The largest absolute Gasteiger partial charge is 0.455 e. The van der Waals surface area contributed by atoms with Gasteiger partial charge in [0.2, 0.25) is 0 Å². The molecule has 2 aromatic heterocycles. The van der Waals surface area contributed by atoms with Crippen LogP contribution < -0.4 is 0 Å². The van der Waals surface area contributed by atoms with E-state index in [9.17, 15) is 0 Å². The Bertz CT molecular complexity index is 7290. The molecule has 106 heavy (non-hydrogen) atoms. The van der Waals surface area contributed by atoms with Crippen molar-refractivity contribution in [2.75, 3.05) is 0 Å². The maximum Gasteiger partial charge on any atom is 0.143 e. The first-order valence-corrected chi connectivity index (χ1v) is 36.6. The van der Waals surface area contributed by atoms with Crippen LogP contribution in [-0.2, 0) is 0 Å². The molecule has 0 unspecified atom stereocenters. The van der Waals surface area contributed by atoms with Crippen molar-refractivity contribution in [3.8, 4) is 100 Å². The molecule has 0 radical (unpaired) electrons. The van der Waals surface area contributed by atoms with Gasteiger partial charge in [-0.25, -0.2) is 0 Å². The monoisotopic (exact) mass is 1340 g/mol. The normalized spacial score (nSPS) is 12.0. The number of rotatable bonds is 9. The van der Waals surface area contributed by atoms with Crippen molar-refractivity contribution < 1.29 is 8.83 Å². The van der Waals surface area contributed by atoms with Gasteiger partial charge in [0.1, 0.15) is 22.3 Å². The third kappa shape index (κ3) is 9.31. The van der Waals surface area contributed by atoms with E-state index in [2.05, 4.69) is 376 Å². The second kappa shape index (κ2) is 23.8. The molecule has 0 atom stereocenters. The minimum Gasteiger partial charge on any atom is -0.455 e. The van der Waals surface area contributed by atoms with E-state index in [1.54, 1.807) is 0 Å². The van der Waals surface area contributed by atoms with E-state index in [1.165, 1.54) is 109 Å². The molecule has 22 rings (SSSR count). The highest BCUT2D eigenvalue weighted by atomic mass is 16.3. The van der Waals surface area contributed by atoms with Crippen molar-refractivity contribution in [2.45, 2.75) is 0 Å². The summed E-state index contributed by atoms with van der Waals surface area (Å²) < 4.78 is 14.5. The summed E-state index contributed by atoms with van der Waals surface area (Å²) >= 11 is 0. The Labute approximate surface area is 611 Å². The number of hydrogen-bond donors (Lipinski definition) is 0. The van der Waals surface area contributed by atoms with Crippen LogP contribution >= 0.6 is 0 Å². The molecule has 20 aromatic carbocycles. The number of fused-ring (bicyclic) bond motifs is 16. The first-order chi connectivity index (χ1) is 52.6. The second-order valence-electron chi connectivity index (χ2n) is 28.4. The van der Waals surface area contributed by atoms with E-state index in [-0.39, 0.29) is 0 Å². The molecule has 0 saturated carbocycles. The summed E-state index contributed by atoms with van der Waals surface area (Å²) in [7, 11) is 0. The van der Waals surface area contributed by atoms with Crippen molar-refractivity contribution in [2.24, 2.45) is 0 Å². The topological polar surface area (TPSA) is 26.3 Å². The van der Waals surface area contributed by atoms with E-state index in [4.69, 9.17) is 8.83 Å². The molecule has 0 fully saturated rings. The van der Waals surface area contributed by atoms with Gasteiger partial charge in [0.15, 0.2) is 0 Å². The SMILES string of the molecule is c1ccc(-c2cc(-c3c4ccccc4c(-c4cc5ccc(-c6cc(-c7ccccc7)cc7c(-c8c9ccccc9c(-c9cc%10ccccc%10c%10oc%11ccc(-c%12ccccc%12)cc%11c9%10)c9ccccc89)cccc67)cc5c5oc6ccc(-c7ccccc7)cc6c45)c4ccccc34)c3ccccc3c2)cc1. The lowest BCUT2D eigenvalue weighted by atomic mass is 9.82. The summed E-state index contributed by atoms with van der Waals surface area (Å²) in [5.74, 6) is 0. The number of benzene rings is 20. The molecule has 0 aliphatic rings. The molecule has 2 heterocycles. The molecular formula is C104H62O2. The highest BCUT2D eigenvalue weighted by molar-refractivity contribution is 6.33. The summed E-state index contributed by atoms with van der Waals surface area (Å²) in [4.78, 5) is 0. The highest BCUT2D eigenvalue weighted by Gasteiger charge is 2.28. The number of furan rings is 2. The van der Waals surface area contributed by atoms with Gasteiger partial charge < -0.3 is 8.83 Å². The Balaban J connectivity index is 0.784. The molecule has 2 nitrogen and oxygen atoms in total. The second-order valence-corrected chi connectivity index (χ2v) is 28.4. The van der Waals surface area contributed by atoms with Crippen LogP contribution in [0.3, 0.4) is 0 Å². The van der Waals surface area contributed by atoms with Gasteiger partial charge in [-0.1, -0.05) is 309 Å². The maximum absolute atomic E-state index is 7.49. The Hall–Kier alpha value is -13.9. The third-order valence-corrected chi connectivity index (χ3v) is 22.6. The zero-order valence-corrected chi connectivity index (χ0v) is 57.6. The lowest BCUT2D eigenvalue weighted by Crippen LogP contribution is -1.94. The summed E-state index contributed by atoms with van der Waals surface area (Å²) in [5.41, 5.74) is 24.5. The van der Waals surface area contributed by atoms with Gasteiger partial charge in [0.05, 0.1) is 0 Å². The molecule has 0 aliphatic carbocycles. The van der Waals surface area contributed by atoms with Crippen LogP contribution in [0.2, 0.25) is 0 Å². The summed E-state index contributed by atoms with van der Waals surface area (Å²) in [6.07, 6.45) is 0. The zero-order valence-electron chi connectivity index (χ0n) is 57.6. The molecule has 0 aliphatic heterocycles. The minimum atomic E-state index is 0.843. The average molecular weight is 1340 g/mol. The van der Waals surface area contributed by atoms with Gasteiger partial charge in [-0.3, -0.25) is 0 Å². The highest BCUT2D eigenvalue weighted by Crippen LogP contribution is 2.54. The van der Waals surface area contributed by atoms with E-state index in [0.717, 1.165) is 121 Å². The lowest BCUT2D eigenvalue weighted by molar-refractivity contribution is 0.672. The fraction of sp³-hybridized carbons (Fsp3) is 0. The average Bonchev–Trinajstić information content (AvgIpc) is 1.37. The first kappa shape index (κ1) is 59.7. The molecule has 0 spiro atoms. The standard InChI is InChI=1S/C104H62O2/c1-5-26-63(27-6-1)67-50-52-95-91(55-67)101-93(58-70-35-14-16-37-76(70)103(101)105-95)99-82-42-21-17-38-78(82)97(79-39-18-22-43-83(79)99)86-47-25-46-77-87(60-74(61-89(77)86)66-32-11-4-12-33-66)71-48-49-72-59-94(102-92-56-68(64-28-7-2-8-29-64)51-53-96(92)106-104(102)88(72)57-71)100-84-44-23-19-40-80(84)98(81-41-20-24-45-85(81)100)90-62-73(65-30-9-3-10-31-65)54-69-34-13-15-36-75(69)90/h1-62H. The van der Waals surface area contributed by atoms with Gasteiger partial charge in [0.25, 0.3) is 0 Å². The molecule has 490 valence electrons. The van der Waals surface area contributed by atoms with Crippen molar-refractivity contribution >= 4 is 130 Å². The molecular weight excluding hydrogens is 1280 g/mol. The van der Waals surface area contributed by atoms with Crippen molar-refractivity contribution in [3.05, 3.63) is 376 Å². The summed E-state index contributed by atoms with van der Waals surface area (Å²) in [6.45, 7) is 0. The van der Waals surface area contributed by atoms with Gasteiger partial charge in [-0.05, 0) is 242 Å². The maximum atomic E-state index is 7.49. The molecule has 0 N–H and O–H groups in total. The van der Waals surface area contributed by atoms with E-state index in [0.29, 0.717) is 0 Å².